The molecule has 0 spiro atoms. The van der Waals surface area contributed by atoms with Crippen molar-refractivity contribution in [3.05, 3.63) is 27.7 Å². The zero-order valence-electron chi connectivity index (χ0n) is 8.62. The van der Waals surface area contributed by atoms with Gasteiger partial charge in [0.2, 0.25) is 0 Å². The third-order valence-electron chi connectivity index (χ3n) is 2.13. The first-order valence-corrected chi connectivity index (χ1v) is 7.48. The van der Waals surface area contributed by atoms with Gasteiger partial charge < -0.3 is 0 Å². The molecule has 1 N–H and O–H groups in total. The molecule has 1 aromatic carbocycles. The molecular weight excluding hydrogens is 341 g/mol. The van der Waals surface area contributed by atoms with Gasteiger partial charge in [-0.3, -0.25) is 0 Å². The van der Waals surface area contributed by atoms with E-state index >= 15 is 0 Å². The van der Waals surface area contributed by atoms with Crippen molar-refractivity contribution >= 4 is 60.5 Å². The van der Waals surface area contributed by atoms with E-state index in [9.17, 15) is 4.79 Å². The molecule has 0 aliphatic carbocycles. The van der Waals surface area contributed by atoms with Crippen LogP contribution < -0.4 is 5.32 Å². The number of fused-ring (bicyclic) bond motifs is 1. The van der Waals surface area contributed by atoms with E-state index in [4.69, 9.17) is 11.6 Å². The molecule has 2 heterocycles. The van der Waals surface area contributed by atoms with Gasteiger partial charge >= 0.3 is 116 Å². The van der Waals surface area contributed by atoms with E-state index in [2.05, 4.69) is 23.4 Å². The molecule has 18 heavy (non-hydrogen) atoms. The van der Waals surface area contributed by atoms with Crippen LogP contribution in [0.15, 0.2) is 26.1 Å². The Morgan fingerprint density at radius 3 is 3.00 bits per heavy atom. The van der Waals surface area contributed by atoms with Crippen LogP contribution in [0.3, 0.4) is 0 Å². The minimum atomic E-state index is -0.345. The van der Waals surface area contributed by atoms with Gasteiger partial charge in [-0.1, -0.05) is 0 Å². The molecule has 0 radical (unpaired) electrons. The minimum absolute atomic E-state index is 0.130. The summed E-state index contributed by atoms with van der Waals surface area (Å²) in [4.78, 5) is 11.9. The van der Waals surface area contributed by atoms with Crippen molar-refractivity contribution < 1.29 is 4.79 Å². The van der Waals surface area contributed by atoms with E-state index in [0.29, 0.717) is 5.69 Å². The Bertz CT molecular complexity index is 709. The molecule has 6 nitrogen and oxygen atoms in total. The molecule has 0 bridgehead atoms. The molecule has 3 rings (SSSR count). The second-order valence-electron chi connectivity index (χ2n) is 3.25. The molecule has 9 heteroatoms. The van der Waals surface area contributed by atoms with Crippen LogP contribution in [0.4, 0.5) is 17.1 Å². The Labute approximate surface area is 116 Å². The average molecular weight is 345 g/mol. The quantitative estimate of drug-likeness (QED) is 0.726. The van der Waals surface area contributed by atoms with Crippen molar-refractivity contribution in [3.63, 3.8) is 0 Å². The average Bonchev–Trinajstić information content (AvgIpc) is 2.97. The maximum atomic E-state index is 11.9. The van der Waals surface area contributed by atoms with Crippen LogP contribution in [0.2, 0.25) is 4.47 Å². The van der Waals surface area contributed by atoms with Crippen molar-refractivity contribution in [3.8, 4) is 0 Å². The van der Waals surface area contributed by atoms with Gasteiger partial charge in [0.05, 0.1) is 0 Å². The standard InChI is InChI=1S/C9H4ClN5OSSe/c10-9-13-12-8(17-9)7(16)11-4-2-1-3-5-6(4)15-18-14-5/h1-3H,(H,11,16). The number of anilines is 1. The Morgan fingerprint density at radius 2 is 2.22 bits per heavy atom. The number of benzene rings is 1. The number of aromatic nitrogens is 2. The second kappa shape index (κ2) is 4.73. The summed E-state index contributed by atoms with van der Waals surface area (Å²) in [6, 6.07) is 5.47. The van der Waals surface area contributed by atoms with Gasteiger partial charge in [0.15, 0.2) is 0 Å². The molecule has 0 saturated heterocycles. The van der Waals surface area contributed by atoms with Gasteiger partial charge in [0, 0.05) is 0 Å². The Morgan fingerprint density at radius 1 is 1.33 bits per heavy atom. The SMILES string of the molecule is O=C(Nc1cccc2c1N=[Se]=N2)c1nnc(Cl)s1. The van der Waals surface area contributed by atoms with Gasteiger partial charge in [-0.15, -0.1) is 0 Å². The number of carbonyl (C=O) groups excluding carboxylic acids is 1. The summed E-state index contributed by atoms with van der Waals surface area (Å²) in [5.41, 5.74) is 2.16. The van der Waals surface area contributed by atoms with Crippen molar-refractivity contribution in [2.24, 2.45) is 7.92 Å². The molecule has 1 aliphatic rings. The normalized spacial score (nSPS) is 12.1. The van der Waals surface area contributed by atoms with E-state index in [1.807, 2.05) is 12.1 Å². The molecule has 0 atom stereocenters. The van der Waals surface area contributed by atoms with Crippen LogP contribution >= 0.6 is 22.9 Å². The van der Waals surface area contributed by atoms with Crippen molar-refractivity contribution in [1.29, 1.82) is 0 Å². The summed E-state index contributed by atoms with van der Waals surface area (Å²) in [7, 11) is 0. The zero-order chi connectivity index (χ0) is 12.5. The van der Waals surface area contributed by atoms with Crippen molar-refractivity contribution in [1.82, 2.24) is 10.2 Å². The number of halogens is 1. The first-order valence-electron chi connectivity index (χ1n) is 4.75. The molecule has 0 saturated carbocycles. The third-order valence-corrected chi connectivity index (χ3v) is 4.28. The van der Waals surface area contributed by atoms with Crippen LogP contribution in [0.1, 0.15) is 9.80 Å². The number of carbonyl (C=O) groups is 1. The first-order chi connectivity index (χ1) is 8.74. The van der Waals surface area contributed by atoms with E-state index in [1.165, 1.54) is 0 Å². The summed E-state index contributed by atoms with van der Waals surface area (Å²) in [5, 5.41) is 10.2. The number of hydrogen-bond acceptors (Lipinski definition) is 6. The molecule has 90 valence electrons. The summed E-state index contributed by atoms with van der Waals surface area (Å²) in [6.45, 7) is 0. The monoisotopic (exact) mass is 345 g/mol. The van der Waals surface area contributed by atoms with E-state index in [0.717, 1.165) is 22.7 Å². The Hall–Kier alpha value is -1.34. The molecule has 0 unspecified atom stereocenters. The first kappa shape index (κ1) is 11.7. The predicted octanol–water partition coefficient (Wildman–Crippen LogP) is 2.79. The van der Waals surface area contributed by atoms with Gasteiger partial charge in [0.25, 0.3) is 0 Å². The van der Waals surface area contributed by atoms with Gasteiger partial charge in [-0.2, -0.15) is 0 Å². The van der Waals surface area contributed by atoms with E-state index in [1.54, 1.807) is 6.07 Å². The maximum absolute atomic E-state index is 11.9. The fourth-order valence-corrected chi connectivity index (χ4v) is 3.26. The summed E-state index contributed by atoms with van der Waals surface area (Å²) >= 11 is 6.53. The van der Waals surface area contributed by atoms with E-state index in [-0.39, 0.29) is 29.9 Å². The van der Waals surface area contributed by atoms with Gasteiger partial charge in [-0.25, -0.2) is 0 Å². The molecular formula is C9H4ClN5OSSe. The van der Waals surface area contributed by atoms with Crippen molar-refractivity contribution in [2.75, 3.05) is 5.32 Å². The number of amides is 1. The topological polar surface area (TPSA) is 79.6 Å². The van der Waals surface area contributed by atoms with Crippen LogP contribution in [-0.4, -0.2) is 30.7 Å². The fraction of sp³-hybridized carbons (Fsp3) is 0. The number of rotatable bonds is 2. The van der Waals surface area contributed by atoms with Gasteiger partial charge in [0.1, 0.15) is 0 Å². The summed E-state index contributed by atoms with van der Waals surface area (Å²) < 4.78 is 8.75. The molecule has 1 aliphatic heterocycles. The fourth-order valence-electron chi connectivity index (χ4n) is 1.38. The van der Waals surface area contributed by atoms with Crippen LogP contribution in [-0.2, 0) is 0 Å². The molecule has 0 fully saturated rings. The number of nitrogens with zero attached hydrogens (tertiary/aromatic N) is 4. The molecule has 2 aromatic rings. The molecule has 1 amide bonds. The Kier molecular flexibility index (Phi) is 3.09. The summed E-state index contributed by atoms with van der Waals surface area (Å²) in [6.07, 6.45) is 0. The van der Waals surface area contributed by atoms with Crippen LogP contribution in [0.5, 0.6) is 0 Å². The van der Waals surface area contributed by atoms with E-state index < -0.39 is 0 Å². The predicted molar refractivity (Wildman–Crippen MR) is 69.2 cm³/mol. The third kappa shape index (κ3) is 2.15. The van der Waals surface area contributed by atoms with Crippen molar-refractivity contribution in [2.45, 2.75) is 0 Å². The summed E-state index contributed by atoms with van der Waals surface area (Å²) in [5.74, 6) is -0.345. The number of nitrogens with one attached hydrogen (secondary N) is 1. The molecule has 1 aromatic heterocycles. The number of hydrogen-bond donors (Lipinski definition) is 1. The van der Waals surface area contributed by atoms with Crippen LogP contribution in [0, 0.1) is 0 Å². The van der Waals surface area contributed by atoms with Crippen LogP contribution in [0.25, 0.3) is 0 Å². The second-order valence-corrected chi connectivity index (χ2v) is 5.92. The Balaban J connectivity index is 1.88. The van der Waals surface area contributed by atoms with Gasteiger partial charge in [-0.05, 0) is 0 Å². The zero-order valence-corrected chi connectivity index (χ0v) is 11.9.